The molecule has 0 bridgehead atoms. The second-order valence-electron chi connectivity index (χ2n) is 3.43. The fourth-order valence-corrected chi connectivity index (χ4v) is 1.30. The maximum atomic E-state index is 10.4. The number of carbonyl (C=O) groups is 1. The van der Waals surface area contributed by atoms with Gasteiger partial charge in [-0.15, -0.1) is 0 Å². The summed E-state index contributed by atoms with van der Waals surface area (Å²) in [5.41, 5.74) is 0. The molecule has 0 aliphatic carbocycles. The van der Waals surface area contributed by atoms with Crippen LogP contribution in [-0.4, -0.2) is 23.8 Å². The average molecular weight is 224 g/mol. The van der Waals surface area contributed by atoms with Gasteiger partial charge in [0.2, 0.25) is 0 Å². The van der Waals surface area contributed by atoms with Crippen molar-refractivity contribution in [2.45, 2.75) is 26.4 Å². The lowest BCUT2D eigenvalue weighted by atomic mass is 10.3. The first kappa shape index (κ1) is 12.4. The molecule has 0 saturated heterocycles. The molecule has 0 spiro atoms. The Hall–Kier alpha value is -1.71. The molecular weight excluding hydrogens is 208 g/mol. The summed E-state index contributed by atoms with van der Waals surface area (Å²) in [6, 6.07) is 7.13. The maximum absolute atomic E-state index is 10.4. The number of benzene rings is 1. The van der Waals surface area contributed by atoms with Crippen LogP contribution in [0.15, 0.2) is 24.3 Å². The van der Waals surface area contributed by atoms with Crippen molar-refractivity contribution in [3.05, 3.63) is 24.3 Å². The van der Waals surface area contributed by atoms with Crippen LogP contribution < -0.4 is 9.47 Å². The highest BCUT2D eigenvalue weighted by Gasteiger charge is 2.08. The van der Waals surface area contributed by atoms with Gasteiger partial charge in [0, 0.05) is 0 Å². The van der Waals surface area contributed by atoms with Gasteiger partial charge in [-0.25, -0.2) is 0 Å². The van der Waals surface area contributed by atoms with Crippen LogP contribution >= 0.6 is 0 Å². The van der Waals surface area contributed by atoms with Crippen molar-refractivity contribution in [3.63, 3.8) is 0 Å². The molecule has 1 rings (SSSR count). The third-order valence-corrected chi connectivity index (χ3v) is 1.93. The lowest BCUT2D eigenvalue weighted by Crippen LogP contribution is -2.16. The van der Waals surface area contributed by atoms with Crippen molar-refractivity contribution in [1.29, 1.82) is 0 Å². The van der Waals surface area contributed by atoms with Crippen LogP contribution in [0, 0.1) is 0 Å². The van der Waals surface area contributed by atoms with E-state index in [0.717, 1.165) is 5.75 Å². The van der Waals surface area contributed by atoms with E-state index < -0.39 is 5.97 Å². The van der Waals surface area contributed by atoms with Crippen molar-refractivity contribution in [3.8, 4) is 11.5 Å². The van der Waals surface area contributed by atoms with Gasteiger partial charge in [-0.3, -0.25) is 4.79 Å². The predicted octanol–water partition coefficient (Wildman–Crippen LogP) is 2.33. The quantitative estimate of drug-likeness (QED) is 0.805. The van der Waals surface area contributed by atoms with Crippen molar-refractivity contribution in [2.75, 3.05) is 6.61 Å². The van der Waals surface area contributed by atoms with E-state index in [4.69, 9.17) is 14.6 Å². The second kappa shape index (κ2) is 6.00. The zero-order valence-corrected chi connectivity index (χ0v) is 9.47. The molecule has 16 heavy (non-hydrogen) atoms. The number of carboxylic acid groups (broad SMARTS) is 1. The third kappa shape index (κ3) is 4.21. The van der Waals surface area contributed by atoms with Crippen molar-refractivity contribution in [2.24, 2.45) is 0 Å². The van der Waals surface area contributed by atoms with Gasteiger partial charge in [-0.05, 0) is 38.1 Å². The molecule has 0 aliphatic heterocycles. The monoisotopic (exact) mass is 224 g/mol. The van der Waals surface area contributed by atoms with E-state index in [1.165, 1.54) is 0 Å². The van der Waals surface area contributed by atoms with E-state index in [0.29, 0.717) is 12.4 Å². The summed E-state index contributed by atoms with van der Waals surface area (Å²) in [4.78, 5) is 10.4. The van der Waals surface area contributed by atoms with Gasteiger partial charge >= 0.3 is 5.97 Å². The van der Waals surface area contributed by atoms with Crippen LogP contribution in [-0.2, 0) is 4.79 Å². The fraction of sp³-hybridized carbons (Fsp3) is 0.417. The van der Waals surface area contributed by atoms with Crippen molar-refractivity contribution in [1.82, 2.24) is 0 Å². The molecule has 1 N–H and O–H groups in total. The summed E-state index contributed by atoms with van der Waals surface area (Å²) in [5, 5.41) is 8.58. The Morgan fingerprint density at radius 1 is 1.31 bits per heavy atom. The summed E-state index contributed by atoms with van der Waals surface area (Å²) in [6.45, 7) is 4.26. The second-order valence-corrected chi connectivity index (χ2v) is 3.43. The number of ether oxygens (including phenoxy) is 2. The number of aliphatic carboxylic acids is 1. The molecule has 0 saturated carbocycles. The standard InChI is InChI=1S/C12H16O4/c1-3-15-10-4-6-11(7-5-10)16-9(2)8-12(13)14/h4-7,9H,3,8H2,1-2H3,(H,13,14)/t9-/m1/s1. The van der Waals surface area contributed by atoms with Gasteiger partial charge in [0.15, 0.2) is 0 Å². The fourth-order valence-electron chi connectivity index (χ4n) is 1.30. The highest BCUT2D eigenvalue weighted by atomic mass is 16.5. The first-order chi connectivity index (χ1) is 7.61. The van der Waals surface area contributed by atoms with Gasteiger partial charge in [-0.1, -0.05) is 0 Å². The maximum Gasteiger partial charge on any atom is 0.307 e. The minimum atomic E-state index is -0.863. The lowest BCUT2D eigenvalue weighted by molar-refractivity contribution is -0.138. The molecule has 0 aromatic heterocycles. The largest absolute Gasteiger partial charge is 0.494 e. The average Bonchev–Trinajstić information content (AvgIpc) is 2.20. The van der Waals surface area contributed by atoms with Crippen LogP contribution in [0.5, 0.6) is 11.5 Å². The zero-order chi connectivity index (χ0) is 12.0. The molecule has 88 valence electrons. The molecule has 0 fully saturated rings. The van der Waals surface area contributed by atoms with Gasteiger partial charge in [0.1, 0.15) is 17.6 Å². The van der Waals surface area contributed by atoms with Gasteiger partial charge < -0.3 is 14.6 Å². The number of rotatable bonds is 6. The highest BCUT2D eigenvalue weighted by molar-refractivity contribution is 5.67. The molecule has 0 radical (unpaired) electrons. The molecule has 4 nitrogen and oxygen atoms in total. The topological polar surface area (TPSA) is 55.8 Å². The summed E-state index contributed by atoms with van der Waals surface area (Å²) >= 11 is 0. The molecule has 0 heterocycles. The normalized spacial score (nSPS) is 11.9. The predicted molar refractivity (Wildman–Crippen MR) is 60.0 cm³/mol. The Balaban J connectivity index is 2.51. The summed E-state index contributed by atoms with van der Waals surface area (Å²) in [5.74, 6) is 0.566. The van der Waals surface area contributed by atoms with Gasteiger partial charge in [-0.2, -0.15) is 0 Å². The van der Waals surface area contributed by atoms with Crippen LogP contribution in [0.3, 0.4) is 0 Å². The molecule has 4 heteroatoms. The number of carboxylic acids is 1. The van der Waals surface area contributed by atoms with Crippen molar-refractivity contribution >= 4 is 5.97 Å². The molecule has 0 aliphatic rings. The Morgan fingerprint density at radius 2 is 1.88 bits per heavy atom. The minimum absolute atomic E-state index is 0.00673. The van der Waals surface area contributed by atoms with Gasteiger partial charge in [0.05, 0.1) is 13.0 Å². The van der Waals surface area contributed by atoms with E-state index in [2.05, 4.69) is 0 Å². The van der Waals surface area contributed by atoms with E-state index in [1.807, 2.05) is 6.92 Å². The summed E-state index contributed by atoms with van der Waals surface area (Å²) in [7, 11) is 0. The first-order valence-electron chi connectivity index (χ1n) is 5.23. The molecular formula is C12H16O4. The van der Waals surface area contributed by atoms with Crippen LogP contribution in [0.1, 0.15) is 20.3 Å². The summed E-state index contributed by atoms with van der Waals surface area (Å²) < 4.78 is 10.7. The molecule has 0 amide bonds. The smallest absolute Gasteiger partial charge is 0.307 e. The Labute approximate surface area is 94.8 Å². The Morgan fingerprint density at radius 3 is 2.38 bits per heavy atom. The Bertz CT molecular complexity index is 331. The van der Waals surface area contributed by atoms with E-state index >= 15 is 0 Å². The lowest BCUT2D eigenvalue weighted by Gasteiger charge is -2.12. The summed E-state index contributed by atoms with van der Waals surface area (Å²) in [6.07, 6.45) is -0.344. The van der Waals surface area contributed by atoms with Crippen LogP contribution in [0.25, 0.3) is 0 Å². The highest BCUT2D eigenvalue weighted by Crippen LogP contribution is 2.19. The SMILES string of the molecule is CCOc1ccc(O[C@H](C)CC(=O)O)cc1. The van der Waals surface area contributed by atoms with Crippen molar-refractivity contribution < 1.29 is 19.4 Å². The third-order valence-electron chi connectivity index (χ3n) is 1.93. The molecule has 1 aromatic carbocycles. The molecule has 1 atom stereocenters. The van der Waals surface area contributed by atoms with E-state index in [1.54, 1.807) is 31.2 Å². The van der Waals surface area contributed by atoms with E-state index in [9.17, 15) is 4.79 Å². The van der Waals surface area contributed by atoms with Gasteiger partial charge in [0.25, 0.3) is 0 Å². The van der Waals surface area contributed by atoms with Crippen LogP contribution in [0.4, 0.5) is 0 Å². The number of hydrogen-bond acceptors (Lipinski definition) is 3. The number of hydrogen-bond donors (Lipinski definition) is 1. The molecule has 1 aromatic rings. The van der Waals surface area contributed by atoms with E-state index in [-0.39, 0.29) is 12.5 Å². The Kier molecular flexibility index (Phi) is 4.64. The molecule has 0 unspecified atom stereocenters. The zero-order valence-electron chi connectivity index (χ0n) is 9.47. The first-order valence-corrected chi connectivity index (χ1v) is 5.23. The van der Waals surface area contributed by atoms with Crippen LogP contribution in [0.2, 0.25) is 0 Å². The minimum Gasteiger partial charge on any atom is -0.494 e.